The molecule has 170 valence electrons. The molecule has 2 heterocycles. The zero-order valence-electron chi connectivity index (χ0n) is 18.9. The Labute approximate surface area is 193 Å². The summed E-state index contributed by atoms with van der Waals surface area (Å²) >= 11 is 0. The van der Waals surface area contributed by atoms with Crippen molar-refractivity contribution in [2.24, 2.45) is 11.8 Å². The number of anilines is 1. The predicted octanol–water partition coefficient (Wildman–Crippen LogP) is 5.47. The van der Waals surface area contributed by atoms with E-state index in [-0.39, 0.29) is 11.3 Å². The summed E-state index contributed by atoms with van der Waals surface area (Å²) < 4.78 is 13.1. The first-order valence-corrected chi connectivity index (χ1v) is 12.1. The lowest BCUT2D eigenvalue weighted by molar-refractivity contribution is -0.116. The molecule has 6 rings (SSSR count). The van der Waals surface area contributed by atoms with Gasteiger partial charge in [-0.3, -0.25) is 9.89 Å². The Hall–Kier alpha value is -3.02. The SMILES string of the molecule is C[C@]12CCC3c4ccccc4CCC3C1[C@H](CCC(=O)Nc1ccc(F)cn1)c1c[nH]nc12. The number of carbonyl (C=O) groups excluding carboxylic acids is 1. The molecule has 3 aliphatic rings. The van der Waals surface area contributed by atoms with Crippen LogP contribution in [-0.2, 0) is 16.6 Å². The number of nitrogens with one attached hydrogen (secondary N) is 2. The van der Waals surface area contributed by atoms with Crippen LogP contribution in [0.5, 0.6) is 0 Å². The molecular formula is C27H29FN4O. The van der Waals surface area contributed by atoms with Gasteiger partial charge in [0.25, 0.3) is 0 Å². The van der Waals surface area contributed by atoms with Gasteiger partial charge in [0.15, 0.2) is 0 Å². The number of aromatic nitrogens is 3. The molecule has 1 aromatic carbocycles. The third-order valence-electron chi connectivity index (χ3n) is 8.61. The lowest BCUT2D eigenvalue weighted by Gasteiger charge is -2.50. The van der Waals surface area contributed by atoms with E-state index in [9.17, 15) is 9.18 Å². The van der Waals surface area contributed by atoms with Gasteiger partial charge in [0.05, 0.1) is 11.9 Å². The van der Waals surface area contributed by atoms with Crippen LogP contribution < -0.4 is 5.32 Å². The van der Waals surface area contributed by atoms with Crippen molar-refractivity contribution in [3.05, 3.63) is 77.0 Å². The van der Waals surface area contributed by atoms with E-state index in [1.165, 1.54) is 41.8 Å². The summed E-state index contributed by atoms with van der Waals surface area (Å²) in [6, 6.07) is 11.8. The lowest BCUT2D eigenvalue weighted by Crippen LogP contribution is -2.44. The van der Waals surface area contributed by atoms with Gasteiger partial charge >= 0.3 is 0 Å². The molecule has 0 saturated heterocycles. The highest BCUT2D eigenvalue weighted by Gasteiger charge is 2.58. The van der Waals surface area contributed by atoms with Crippen LogP contribution in [0.3, 0.4) is 0 Å². The molecular weight excluding hydrogens is 415 g/mol. The summed E-state index contributed by atoms with van der Waals surface area (Å²) in [6.45, 7) is 2.40. The summed E-state index contributed by atoms with van der Waals surface area (Å²) in [5.74, 6) is 1.92. The van der Waals surface area contributed by atoms with E-state index in [4.69, 9.17) is 5.10 Å². The van der Waals surface area contributed by atoms with Crippen LogP contribution in [-0.4, -0.2) is 21.1 Å². The minimum Gasteiger partial charge on any atom is -0.311 e. The highest BCUT2D eigenvalue weighted by Crippen LogP contribution is 2.64. The van der Waals surface area contributed by atoms with Gasteiger partial charge in [-0.2, -0.15) is 5.10 Å². The molecule has 0 bridgehead atoms. The van der Waals surface area contributed by atoms with Crippen LogP contribution in [0.25, 0.3) is 0 Å². The van der Waals surface area contributed by atoms with Crippen LogP contribution in [0.15, 0.2) is 48.8 Å². The maximum Gasteiger partial charge on any atom is 0.225 e. The van der Waals surface area contributed by atoms with Gasteiger partial charge in [-0.1, -0.05) is 31.2 Å². The monoisotopic (exact) mass is 444 g/mol. The van der Waals surface area contributed by atoms with Crippen LogP contribution in [0, 0.1) is 17.7 Å². The molecule has 0 radical (unpaired) electrons. The first-order chi connectivity index (χ1) is 16.0. The third kappa shape index (κ3) is 3.30. The fourth-order valence-corrected chi connectivity index (χ4v) is 7.30. The molecule has 1 fully saturated rings. The molecule has 5 nitrogen and oxygen atoms in total. The molecule has 0 spiro atoms. The minimum atomic E-state index is -0.411. The van der Waals surface area contributed by atoms with Crippen molar-refractivity contribution >= 4 is 11.7 Å². The first-order valence-electron chi connectivity index (χ1n) is 12.1. The number of benzene rings is 1. The minimum absolute atomic E-state index is 0.0580. The molecule has 3 aliphatic carbocycles. The van der Waals surface area contributed by atoms with Crippen molar-refractivity contribution < 1.29 is 9.18 Å². The van der Waals surface area contributed by atoms with Crippen molar-refractivity contribution in [3.63, 3.8) is 0 Å². The number of hydrogen-bond donors (Lipinski definition) is 2. The number of aromatic amines is 1. The first kappa shape index (κ1) is 20.6. The Morgan fingerprint density at radius 2 is 2.09 bits per heavy atom. The standard InChI is InChI=1S/C27H29FN4O/c1-27-13-12-19-18-5-3-2-4-16(18)6-8-20(19)25(27)21(22-15-30-32-26(22)27)9-11-24(33)31-23-10-7-17(28)14-29-23/h2-5,7,10,14-15,19-21,25H,6,8-9,11-13H2,1H3,(H,30,32)(H,29,31,33)/t19?,20?,21-,25?,27+/m1/s1. The van der Waals surface area contributed by atoms with Crippen LogP contribution in [0.1, 0.15) is 73.2 Å². The Bertz CT molecular complexity index is 1190. The molecule has 2 N–H and O–H groups in total. The number of pyridine rings is 1. The van der Waals surface area contributed by atoms with Crippen molar-refractivity contribution in [3.8, 4) is 0 Å². The van der Waals surface area contributed by atoms with E-state index in [1.807, 2.05) is 0 Å². The van der Waals surface area contributed by atoms with E-state index >= 15 is 0 Å². The Kier molecular flexibility index (Phi) is 4.86. The van der Waals surface area contributed by atoms with Crippen molar-refractivity contribution in [1.82, 2.24) is 15.2 Å². The Balaban J connectivity index is 1.26. The van der Waals surface area contributed by atoms with E-state index in [1.54, 1.807) is 5.56 Å². The van der Waals surface area contributed by atoms with Gasteiger partial charge in [0.2, 0.25) is 5.91 Å². The van der Waals surface area contributed by atoms with E-state index in [0.717, 1.165) is 25.5 Å². The number of nitrogens with zero attached hydrogens (tertiary/aromatic N) is 2. The molecule has 33 heavy (non-hydrogen) atoms. The quantitative estimate of drug-likeness (QED) is 0.560. The summed E-state index contributed by atoms with van der Waals surface area (Å²) in [5.41, 5.74) is 5.63. The predicted molar refractivity (Wildman–Crippen MR) is 124 cm³/mol. The third-order valence-corrected chi connectivity index (χ3v) is 8.61. The largest absolute Gasteiger partial charge is 0.311 e. The normalized spacial score (nSPS) is 29.5. The van der Waals surface area contributed by atoms with Gasteiger partial charge in [-0.05, 0) is 84.6 Å². The Morgan fingerprint density at radius 3 is 2.94 bits per heavy atom. The number of H-pyrrole nitrogens is 1. The molecule has 1 amide bonds. The van der Waals surface area contributed by atoms with Crippen LogP contribution in [0.4, 0.5) is 10.2 Å². The highest BCUT2D eigenvalue weighted by atomic mass is 19.1. The molecule has 5 atom stereocenters. The zero-order chi connectivity index (χ0) is 22.6. The number of aryl methyl sites for hydroxylation is 1. The van der Waals surface area contributed by atoms with Crippen LogP contribution >= 0.6 is 0 Å². The van der Waals surface area contributed by atoms with Gasteiger partial charge in [-0.15, -0.1) is 0 Å². The average molecular weight is 445 g/mol. The number of amides is 1. The Morgan fingerprint density at radius 1 is 1.21 bits per heavy atom. The number of fused-ring (bicyclic) bond motifs is 7. The molecule has 6 heteroatoms. The number of carbonyl (C=O) groups is 1. The van der Waals surface area contributed by atoms with Crippen molar-refractivity contribution in [2.45, 2.75) is 62.7 Å². The smallest absolute Gasteiger partial charge is 0.225 e. The summed E-state index contributed by atoms with van der Waals surface area (Å²) in [5, 5.41) is 10.7. The van der Waals surface area contributed by atoms with Gasteiger partial charge < -0.3 is 5.32 Å². The molecule has 1 saturated carbocycles. The van der Waals surface area contributed by atoms with Crippen molar-refractivity contribution in [2.75, 3.05) is 5.32 Å². The highest BCUT2D eigenvalue weighted by molar-refractivity contribution is 5.89. The maximum atomic E-state index is 13.1. The second-order valence-electron chi connectivity index (χ2n) is 10.2. The molecule has 3 aromatic rings. The average Bonchev–Trinajstić information content (AvgIpc) is 3.40. The maximum absolute atomic E-state index is 13.1. The van der Waals surface area contributed by atoms with E-state index in [2.05, 4.69) is 52.8 Å². The van der Waals surface area contributed by atoms with Gasteiger partial charge in [-0.25, -0.2) is 9.37 Å². The van der Waals surface area contributed by atoms with Gasteiger partial charge in [0, 0.05) is 18.0 Å². The molecule has 2 aromatic heterocycles. The van der Waals surface area contributed by atoms with E-state index in [0.29, 0.717) is 35.9 Å². The number of rotatable bonds is 4. The topological polar surface area (TPSA) is 70.7 Å². The number of hydrogen-bond acceptors (Lipinski definition) is 3. The summed E-state index contributed by atoms with van der Waals surface area (Å²) in [6.07, 6.45) is 9.06. The van der Waals surface area contributed by atoms with Crippen LogP contribution in [0.2, 0.25) is 0 Å². The molecule has 0 aliphatic heterocycles. The van der Waals surface area contributed by atoms with E-state index < -0.39 is 5.82 Å². The fourth-order valence-electron chi connectivity index (χ4n) is 7.30. The zero-order valence-corrected chi connectivity index (χ0v) is 18.9. The lowest BCUT2D eigenvalue weighted by atomic mass is 9.53. The summed E-state index contributed by atoms with van der Waals surface area (Å²) in [7, 11) is 0. The summed E-state index contributed by atoms with van der Waals surface area (Å²) in [4.78, 5) is 16.7. The second-order valence-corrected chi connectivity index (χ2v) is 10.2. The second kappa shape index (κ2) is 7.79. The molecule has 3 unspecified atom stereocenters. The van der Waals surface area contributed by atoms with Crippen molar-refractivity contribution in [1.29, 1.82) is 0 Å². The van der Waals surface area contributed by atoms with Gasteiger partial charge in [0.1, 0.15) is 11.6 Å². The fraction of sp³-hybridized carbons (Fsp3) is 0.444. The number of halogens is 1.